The van der Waals surface area contributed by atoms with Crippen LogP contribution in [0.3, 0.4) is 0 Å². The minimum Gasteiger partial charge on any atom is -0.479 e. The first-order chi connectivity index (χ1) is 64.0. The lowest BCUT2D eigenvalue weighted by molar-refractivity contribution is -0.404. The van der Waals surface area contributed by atoms with Crippen molar-refractivity contribution in [1.29, 1.82) is 0 Å². The number of rotatable bonds is 25. The van der Waals surface area contributed by atoms with Gasteiger partial charge in [0.2, 0.25) is 6.29 Å². The van der Waals surface area contributed by atoms with E-state index in [1.807, 2.05) is 0 Å². The van der Waals surface area contributed by atoms with Crippen LogP contribution >= 0.6 is 0 Å². The number of aliphatic hydroxyl groups excluding tert-OH is 25. The van der Waals surface area contributed by atoms with Crippen LogP contribution in [0.15, 0.2) is 12.2 Å². The number of carboxylic acid groups (broad SMARTS) is 1. The monoisotopic (exact) mass is 1970 g/mol. The molecule has 0 radical (unpaired) electrons. The van der Waals surface area contributed by atoms with Gasteiger partial charge in [0.25, 0.3) is 0 Å². The van der Waals surface area contributed by atoms with E-state index in [0.29, 0.717) is 38.5 Å². The molecule has 10 saturated heterocycles. The Balaban J connectivity index is 0.700. The van der Waals surface area contributed by atoms with Crippen LogP contribution in [0.1, 0.15) is 120 Å². The van der Waals surface area contributed by atoms with E-state index in [-0.39, 0.29) is 31.1 Å². The number of fused-ring (bicyclic) bond motifs is 7. The first kappa shape index (κ1) is 107. The van der Waals surface area contributed by atoms with Gasteiger partial charge in [-0.3, -0.25) is 4.79 Å². The zero-order chi connectivity index (χ0) is 99.0. The van der Waals surface area contributed by atoms with Gasteiger partial charge < -0.3 is 232 Å². The molecule has 26 N–H and O–H groups in total. The van der Waals surface area contributed by atoms with Crippen molar-refractivity contribution in [3.05, 3.63) is 12.2 Å². The molecule has 780 valence electrons. The molecule has 49 heteroatoms. The molecule has 0 aromatic heterocycles. The largest absolute Gasteiger partial charge is 0.479 e. The predicted octanol–water partition coefficient (Wildman–Crippen LogP) is -11.0. The first-order valence-corrected chi connectivity index (χ1v) is 46.7. The number of aliphatic carboxylic acids is 1. The molecule has 4 saturated carbocycles. The zero-order valence-corrected chi connectivity index (χ0v) is 76.4. The summed E-state index contributed by atoms with van der Waals surface area (Å²) < 4.78 is 122. The number of carboxylic acids is 1. The maximum Gasteiger partial charge on any atom is 0.335 e. The third-order valence-electron chi connectivity index (χ3n) is 32.8. The molecule has 10 heterocycles. The molecule has 0 bridgehead atoms. The van der Waals surface area contributed by atoms with Gasteiger partial charge in [0.05, 0.1) is 74.9 Å². The Morgan fingerprint density at radius 2 is 0.801 bits per heavy atom. The number of aldehydes is 1. The summed E-state index contributed by atoms with van der Waals surface area (Å²) in [5.74, 6) is -4.41. The molecular formula is C87H138O49. The first-order valence-electron chi connectivity index (χ1n) is 46.7. The van der Waals surface area contributed by atoms with Gasteiger partial charge in [-0.1, -0.05) is 53.7 Å². The van der Waals surface area contributed by atoms with Crippen LogP contribution in [0.4, 0.5) is 0 Å². The van der Waals surface area contributed by atoms with Crippen LogP contribution < -0.4 is 0 Å². The van der Waals surface area contributed by atoms with Gasteiger partial charge in [-0.2, -0.15) is 0 Å². The third kappa shape index (κ3) is 19.2. The van der Waals surface area contributed by atoms with Crippen molar-refractivity contribution in [1.82, 2.24) is 0 Å². The molecule has 14 fully saturated rings. The maximum atomic E-state index is 16.2. The van der Waals surface area contributed by atoms with E-state index in [9.17, 15) is 142 Å². The lowest BCUT2D eigenvalue weighted by Crippen LogP contribution is -2.69. The number of ether oxygens (including phenoxy) is 20. The highest BCUT2D eigenvalue weighted by atomic mass is 16.8. The second-order valence-electron chi connectivity index (χ2n) is 41.5. The number of esters is 1. The number of aliphatic hydroxyl groups is 25. The van der Waals surface area contributed by atoms with Gasteiger partial charge >= 0.3 is 11.9 Å². The standard InChI is InChI=1S/C87H138O49/c1-28-42(94)49(101)55(107)73(120-28)134-68-65(130-79-66(132-75-57(109)51(103)46(98)36(22-89)124-75)48(100)38(26-119-79)126-71-53(105)43(95)33(92)24-117-71)61(113)78(135-69(68)70(114)115)127-41-13-14-83(6)39(84(41,7)27-91)12-15-86(9)40(83)11-10-31-32-20-82(4,5)16-18-87(32,19-17-85(31,86)8)81(116)136-77-60(112)64(63(30(3)121-77)129-72-54(106)44(96)34(93)25-118-72)131-80-67(133-76-58(110)52(104)47(99)37(23-90)125-76)59(111)62(29(2)122-80)128-74-56(108)50(102)45(97)35(21-88)123-74/h10-11,27-69,71-80,88-90,92-113H,12-26H2,1-9H3,(H,114,115). The molecule has 0 spiro atoms. The van der Waals surface area contributed by atoms with Gasteiger partial charge in [-0.15, -0.1) is 0 Å². The van der Waals surface area contributed by atoms with E-state index in [1.54, 1.807) is 6.92 Å². The fourth-order valence-corrected chi connectivity index (χ4v) is 24.3. The second-order valence-corrected chi connectivity index (χ2v) is 41.5. The average Bonchev–Trinajstić information content (AvgIpc) is 0.671. The fourth-order valence-electron chi connectivity index (χ4n) is 24.3. The lowest BCUT2D eigenvalue weighted by atomic mass is 9.33. The topological polar surface area (TPSA) is 762 Å². The van der Waals surface area contributed by atoms with Gasteiger partial charge in [0.1, 0.15) is 208 Å². The molecule has 136 heavy (non-hydrogen) atoms. The Morgan fingerprint density at radius 3 is 1.35 bits per heavy atom. The van der Waals surface area contributed by atoms with Gasteiger partial charge in [0, 0.05) is 0 Å². The molecule has 0 aromatic rings. The maximum absolute atomic E-state index is 16.2. The molecule has 10 aliphatic heterocycles. The average molecular weight is 1970 g/mol. The van der Waals surface area contributed by atoms with Crippen molar-refractivity contribution >= 4 is 18.2 Å². The Hall–Kier alpha value is -3.41. The molecule has 0 aromatic carbocycles. The fraction of sp³-hybridized carbons (Fsp3) is 0.943. The van der Waals surface area contributed by atoms with Crippen LogP contribution in [-0.2, 0) is 109 Å². The van der Waals surface area contributed by atoms with Crippen molar-refractivity contribution in [2.75, 3.05) is 39.6 Å². The lowest BCUT2D eigenvalue weighted by Gasteiger charge is -2.71. The van der Waals surface area contributed by atoms with Crippen LogP contribution in [0.5, 0.6) is 0 Å². The van der Waals surface area contributed by atoms with Crippen molar-refractivity contribution in [2.24, 2.45) is 56.2 Å². The van der Waals surface area contributed by atoms with Crippen LogP contribution in [0.2, 0.25) is 0 Å². The molecule has 15 rings (SSSR count). The number of hydrogen-bond donors (Lipinski definition) is 26. The van der Waals surface area contributed by atoms with E-state index in [0.717, 1.165) is 6.29 Å². The van der Waals surface area contributed by atoms with E-state index >= 15 is 4.79 Å². The normalized spacial score (nSPS) is 55.4. The molecule has 57 atom stereocenters. The zero-order valence-electron chi connectivity index (χ0n) is 76.4. The Labute approximate surface area is 780 Å². The number of carbonyl (C=O) groups is 3. The highest BCUT2D eigenvalue weighted by Crippen LogP contribution is 2.76. The van der Waals surface area contributed by atoms with E-state index in [2.05, 4.69) is 46.8 Å². The summed E-state index contributed by atoms with van der Waals surface area (Å²) >= 11 is 0. The minimum absolute atomic E-state index is 0.0273. The van der Waals surface area contributed by atoms with E-state index in [1.165, 1.54) is 20.8 Å². The van der Waals surface area contributed by atoms with E-state index < -0.39 is 391 Å². The number of allylic oxidation sites excluding steroid dienone is 2. The highest BCUT2D eigenvalue weighted by Gasteiger charge is 2.73. The number of hydrogen-bond acceptors (Lipinski definition) is 48. The van der Waals surface area contributed by atoms with Crippen LogP contribution in [0, 0.1) is 56.2 Å². The summed E-state index contributed by atoms with van der Waals surface area (Å²) in [7, 11) is 0. The van der Waals surface area contributed by atoms with Crippen LogP contribution in [-0.4, -0.2) is 485 Å². The SMILES string of the molecule is CC1OC(OC2C(C(=O)O)OC(OC3CCC4(C)C(CCC5(C)C4C=CC4C6CC(C)(C)CCC6(C(=O)OC6OC(C)C(OC7OCC(O)C(O)C7O)C(OC7OC(C)C(OC8OC(CO)C(O)C(O)C8O)C(O)C7OC7OC(CO)C(O)C(O)C7O)C6O)CCC45C)C3(C)C=O)C(O)C2OC2OCC(OC3OCC(O)C(O)C3O)C(O)C2OC2OC(CO)C(O)C(O)C2O)C(O)C(O)C1O. The Kier molecular flexibility index (Phi) is 32.6. The van der Waals surface area contributed by atoms with Gasteiger partial charge in [-0.05, 0) is 124 Å². The quantitative estimate of drug-likeness (QED) is 0.0175. The predicted molar refractivity (Wildman–Crippen MR) is 437 cm³/mol. The molecule has 49 nitrogen and oxygen atoms in total. The molecule has 0 amide bonds. The van der Waals surface area contributed by atoms with Crippen molar-refractivity contribution in [3.63, 3.8) is 0 Å². The molecule has 15 aliphatic rings. The highest BCUT2D eigenvalue weighted by molar-refractivity contribution is 5.78. The summed E-state index contributed by atoms with van der Waals surface area (Å²) in [5.41, 5.74) is -5.34. The third-order valence-corrected chi connectivity index (χ3v) is 32.8. The molecular weight excluding hydrogens is 1830 g/mol. The summed E-state index contributed by atoms with van der Waals surface area (Å²) in [4.78, 5) is 44.7. The van der Waals surface area contributed by atoms with Gasteiger partial charge in [-0.25, -0.2) is 4.79 Å². The Bertz CT molecular complexity index is 4030. The van der Waals surface area contributed by atoms with Crippen molar-refractivity contribution in [3.8, 4) is 0 Å². The summed E-state index contributed by atoms with van der Waals surface area (Å²) in [6.07, 6.45) is -84.0. The molecule has 5 aliphatic carbocycles. The number of carbonyl (C=O) groups excluding carboxylic acids is 2. The van der Waals surface area contributed by atoms with Crippen molar-refractivity contribution < 1.29 is 242 Å². The Morgan fingerprint density at radius 1 is 0.368 bits per heavy atom. The summed E-state index contributed by atoms with van der Waals surface area (Å²) in [5, 5.41) is 289. The van der Waals surface area contributed by atoms with Gasteiger partial charge in [0.15, 0.2) is 62.7 Å². The smallest absolute Gasteiger partial charge is 0.335 e. The van der Waals surface area contributed by atoms with E-state index in [4.69, 9.17) is 94.7 Å². The van der Waals surface area contributed by atoms with Crippen molar-refractivity contribution in [2.45, 2.75) is 415 Å². The summed E-state index contributed by atoms with van der Waals surface area (Å²) in [6, 6.07) is 0. The summed E-state index contributed by atoms with van der Waals surface area (Å²) in [6.45, 7) is 11.6. The second kappa shape index (κ2) is 41.5. The van der Waals surface area contributed by atoms with Crippen LogP contribution in [0.25, 0.3) is 0 Å². The molecule has 57 unspecified atom stereocenters. The minimum atomic E-state index is -2.35.